The lowest BCUT2D eigenvalue weighted by atomic mass is 10.3. The zero-order valence-corrected chi connectivity index (χ0v) is 10.2. The van der Waals surface area contributed by atoms with Crippen LogP contribution in [-0.2, 0) is 6.54 Å². The molecule has 0 fully saturated rings. The average molecular weight is 254 g/mol. The molecule has 0 spiro atoms. The van der Waals surface area contributed by atoms with Crippen LogP contribution in [0.1, 0.15) is 12.6 Å². The molecule has 0 unspecified atom stereocenters. The summed E-state index contributed by atoms with van der Waals surface area (Å²) in [7, 11) is 0. The molecule has 3 nitrogen and oxygen atoms in total. The number of benzene rings is 1. The van der Waals surface area contributed by atoms with Crippen LogP contribution in [0.3, 0.4) is 0 Å². The zero-order chi connectivity index (χ0) is 12.3. The fourth-order valence-corrected chi connectivity index (χ4v) is 1.68. The van der Waals surface area contributed by atoms with Gasteiger partial charge in [0.15, 0.2) is 5.82 Å². The first-order valence-electron chi connectivity index (χ1n) is 5.42. The van der Waals surface area contributed by atoms with Gasteiger partial charge in [-0.2, -0.15) is 5.10 Å². The molecule has 2 aromatic rings. The Labute approximate surface area is 104 Å². The summed E-state index contributed by atoms with van der Waals surface area (Å²) in [5.74, 6) is -0.452. The van der Waals surface area contributed by atoms with Gasteiger partial charge < -0.3 is 5.32 Å². The SMILES string of the molecule is CCNCc1ccn(-c2cccc(Cl)c2F)n1. The number of rotatable bonds is 4. The van der Waals surface area contributed by atoms with Crippen molar-refractivity contribution in [3.05, 3.63) is 47.0 Å². The van der Waals surface area contributed by atoms with Crippen molar-refractivity contribution in [3.63, 3.8) is 0 Å². The summed E-state index contributed by atoms with van der Waals surface area (Å²) in [5, 5.41) is 7.54. The molecule has 1 aromatic carbocycles. The van der Waals surface area contributed by atoms with E-state index in [-0.39, 0.29) is 5.02 Å². The van der Waals surface area contributed by atoms with Crippen molar-refractivity contribution in [2.24, 2.45) is 0 Å². The minimum Gasteiger partial charge on any atom is -0.311 e. The van der Waals surface area contributed by atoms with Crippen molar-refractivity contribution in [1.29, 1.82) is 0 Å². The second-order valence-electron chi connectivity index (χ2n) is 3.60. The molecule has 0 aliphatic carbocycles. The second kappa shape index (κ2) is 5.29. The summed E-state index contributed by atoms with van der Waals surface area (Å²) in [4.78, 5) is 0. The topological polar surface area (TPSA) is 29.9 Å². The molecule has 0 aliphatic rings. The highest BCUT2D eigenvalue weighted by molar-refractivity contribution is 6.30. The smallest absolute Gasteiger partial charge is 0.167 e. The van der Waals surface area contributed by atoms with Crippen molar-refractivity contribution in [2.45, 2.75) is 13.5 Å². The monoisotopic (exact) mass is 253 g/mol. The van der Waals surface area contributed by atoms with E-state index >= 15 is 0 Å². The first-order chi connectivity index (χ1) is 8.22. The van der Waals surface area contributed by atoms with Gasteiger partial charge in [0.2, 0.25) is 0 Å². The minimum absolute atomic E-state index is 0.103. The third-order valence-corrected chi connectivity index (χ3v) is 2.67. The molecule has 2 rings (SSSR count). The number of nitrogens with one attached hydrogen (secondary N) is 1. The maximum atomic E-state index is 13.7. The number of hydrogen-bond donors (Lipinski definition) is 1. The Kier molecular flexibility index (Phi) is 3.76. The molecular weight excluding hydrogens is 241 g/mol. The lowest BCUT2D eigenvalue weighted by molar-refractivity contribution is 0.608. The van der Waals surface area contributed by atoms with Gasteiger partial charge in [0.25, 0.3) is 0 Å². The van der Waals surface area contributed by atoms with Gasteiger partial charge in [-0.25, -0.2) is 9.07 Å². The molecule has 90 valence electrons. The quantitative estimate of drug-likeness (QED) is 0.908. The van der Waals surface area contributed by atoms with Crippen LogP contribution in [0.4, 0.5) is 4.39 Å². The maximum absolute atomic E-state index is 13.7. The first kappa shape index (κ1) is 12.1. The van der Waals surface area contributed by atoms with Gasteiger partial charge in [-0.15, -0.1) is 0 Å². The van der Waals surface area contributed by atoms with Crippen molar-refractivity contribution >= 4 is 11.6 Å². The second-order valence-corrected chi connectivity index (χ2v) is 4.01. The number of halogens is 2. The molecule has 1 aromatic heterocycles. The van der Waals surface area contributed by atoms with Gasteiger partial charge in [-0.1, -0.05) is 24.6 Å². The summed E-state index contributed by atoms with van der Waals surface area (Å²) in [5.41, 5.74) is 1.23. The Bertz CT molecular complexity index is 510. The highest BCUT2D eigenvalue weighted by Crippen LogP contribution is 2.20. The molecule has 0 saturated heterocycles. The van der Waals surface area contributed by atoms with Crippen LogP contribution in [0.15, 0.2) is 30.5 Å². The minimum atomic E-state index is -0.452. The highest BCUT2D eigenvalue weighted by atomic mass is 35.5. The van der Waals surface area contributed by atoms with E-state index in [1.54, 1.807) is 18.3 Å². The van der Waals surface area contributed by atoms with Crippen molar-refractivity contribution in [3.8, 4) is 5.69 Å². The average Bonchev–Trinajstić information content (AvgIpc) is 2.78. The van der Waals surface area contributed by atoms with Crippen LogP contribution in [0.5, 0.6) is 0 Å². The van der Waals surface area contributed by atoms with E-state index in [2.05, 4.69) is 10.4 Å². The molecule has 0 amide bonds. The number of hydrogen-bond acceptors (Lipinski definition) is 2. The molecule has 1 heterocycles. The molecular formula is C12H13ClFN3. The number of nitrogens with zero attached hydrogens (tertiary/aromatic N) is 2. The van der Waals surface area contributed by atoms with Crippen LogP contribution in [0.25, 0.3) is 5.69 Å². The molecule has 1 N–H and O–H groups in total. The molecule has 0 atom stereocenters. The van der Waals surface area contributed by atoms with E-state index in [0.29, 0.717) is 12.2 Å². The summed E-state index contributed by atoms with van der Waals surface area (Å²) in [6.45, 7) is 3.57. The fourth-order valence-electron chi connectivity index (χ4n) is 1.51. The third-order valence-electron chi connectivity index (χ3n) is 2.38. The zero-order valence-electron chi connectivity index (χ0n) is 9.45. The predicted molar refractivity (Wildman–Crippen MR) is 65.9 cm³/mol. The van der Waals surface area contributed by atoms with Crippen molar-refractivity contribution in [2.75, 3.05) is 6.54 Å². The lowest BCUT2D eigenvalue weighted by Gasteiger charge is -2.04. The van der Waals surface area contributed by atoms with E-state index in [4.69, 9.17) is 11.6 Å². The fraction of sp³-hybridized carbons (Fsp3) is 0.250. The first-order valence-corrected chi connectivity index (χ1v) is 5.80. The predicted octanol–water partition coefficient (Wildman–Crippen LogP) is 2.77. The number of aromatic nitrogens is 2. The Morgan fingerprint density at radius 1 is 1.41 bits per heavy atom. The third kappa shape index (κ3) is 2.65. The summed E-state index contributed by atoms with van der Waals surface area (Å²) < 4.78 is 15.2. The lowest BCUT2D eigenvalue weighted by Crippen LogP contribution is -2.12. The van der Waals surface area contributed by atoms with Gasteiger partial charge in [0, 0.05) is 12.7 Å². The van der Waals surface area contributed by atoms with Gasteiger partial charge >= 0.3 is 0 Å². The van der Waals surface area contributed by atoms with Gasteiger partial charge in [0.05, 0.1) is 10.7 Å². The van der Waals surface area contributed by atoms with Crippen LogP contribution < -0.4 is 5.32 Å². The van der Waals surface area contributed by atoms with E-state index in [0.717, 1.165) is 12.2 Å². The van der Waals surface area contributed by atoms with Crippen molar-refractivity contribution < 1.29 is 4.39 Å². The standard InChI is InChI=1S/C12H13ClFN3/c1-2-15-8-9-6-7-17(16-9)11-5-3-4-10(13)12(11)14/h3-7,15H,2,8H2,1H3. The van der Waals surface area contributed by atoms with Gasteiger partial charge in [-0.3, -0.25) is 0 Å². The molecule has 0 saturated carbocycles. The summed E-state index contributed by atoms with van der Waals surface area (Å²) in [6, 6.07) is 6.71. The van der Waals surface area contributed by atoms with Crippen molar-refractivity contribution in [1.82, 2.24) is 15.1 Å². The highest BCUT2D eigenvalue weighted by Gasteiger charge is 2.09. The Balaban J connectivity index is 2.27. The molecule has 5 heteroatoms. The largest absolute Gasteiger partial charge is 0.311 e. The van der Waals surface area contributed by atoms with Crippen LogP contribution in [0.2, 0.25) is 5.02 Å². The van der Waals surface area contributed by atoms with E-state index in [1.807, 2.05) is 13.0 Å². The normalized spacial score (nSPS) is 10.8. The molecule has 0 radical (unpaired) electrons. The summed E-state index contributed by atoms with van der Waals surface area (Å²) >= 11 is 5.73. The van der Waals surface area contributed by atoms with Crippen LogP contribution in [-0.4, -0.2) is 16.3 Å². The van der Waals surface area contributed by atoms with E-state index < -0.39 is 5.82 Å². The Hall–Kier alpha value is -1.39. The molecule has 17 heavy (non-hydrogen) atoms. The van der Waals surface area contributed by atoms with Crippen LogP contribution >= 0.6 is 11.6 Å². The Morgan fingerprint density at radius 3 is 3.00 bits per heavy atom. The van der Waals surface area contributed by atoms with E-state index in [9.17, 15) is 4.39 Å². The summed E-state index contributed by atoms with van der Waals surface area (Å²) in [6.07, 6.45) is 1.72. The van der Waals surface area contributed by atoms with Crippen LogP contribution in [0, 0.1) is 5.82 Å². The van der Waals surface area contributed by atoms with Gasteiger partial charge in [0.1, 0.15) is 5.69 Å². The molecule has 0 aliphatic heterocycles. The molecule has 0 bridgehead atoms. The van der Waals surface area contributed by atoms with E-state index in [1.165, 1.54) is 10.7 Å². The Morgan fingerprint density at radius 2 is 2.24 bits per heavy atom. The maximum Gasteiger partial charge on any atom is 0.167 e. The van der Waals surface area contributed by atoms with Gasteiger partial charge in [-0.05, 0) is 24.7 Å².